The van der Waals surface area contributed by atoms with E-state index in [1.54, 1.807) is 34.4 Å². The van der Waals surface area contributed by atoms with Gasteiger partial charge in [0.25, 0.3) is 0 Å². The first-order valence-corrected chi connectivity index (χ1v) is 8.00. The fraction of sp³-hybridized carbons (Fsp3) is 0.294. The van der Waals surface area contributed by atoms with Crippen molar-refractivity contribution in [2.45, 2.75) is 32.9 Å². The van der Waals surface area contributed by atoms with Crippen LogP contribution in [0.1, 0.15) is 34.6 Å². The molecule has 1 amide bonds. The summed E-state index contributed by atoms with van der Waals surface area (Å²) in [5, 5.41) is 11.2. The van der Waals surface area contributed by atoms with Crippen LogP contribution < -0.4 is 0 Å². The highest BCUT2D eigenvalue weighted by molar-refractivity contribution is 7.09. The van der Waals surface area contributed by atoms with E-state index in [-0.39, 0.29) is 23.9 Å². The second kappa shape index (κ2) is 7.22. The van der Waals surface area contributed by atoms with E-state index in [4.69, 9.17) is 0 Å². The Bertz CT molecular complexity index is 650. The molecule has 0 bridgehead atoms. The summed E-state index contributed by atoms with van der Waals surface area (Å²) in [4.78, 5) is 26.7. The number of carbonyl (C=O) groups excluding carboxylic acids is 1. The monoisotopic (exact) mass is 317 g/mol. The molecule has 0 fully saturated rings. The molecule has 1 aromatic heterocycles. The van der Waals surface area contributed by atoms with Gasteiger partial charge in [0, 0.05) is 10.9 Å². The Morgan fingerprint density at radius 2 is 1.91 bits per heavy atom. The number of benzene rings is 1. The largest absolute Gasteiger partial charge is 0.478 e. The van der Waals surface area contributed by atoms with Gasteiger partial charge in [-0.25, -0.2) is 4.79 Å². The van der Waals surface area contributed by atoms with Gasteiger partial charge >= 0.3 is 5.97 Å². The number of carbonyl (C=O) groups is 2. The zero-order chi connectivity index (χ0) is 16.1. The summed E-state index contributed by atoms with van der Waals surface area (Å²) in [6, 6.07) is 10.7. The Hall–Kier alpha value is -2.14. The van der Waals surface area contributed by atoms with E-state index in [0.29, 0.717) is 12.1 Å². The molecule has 1 heterocycles. The van der Waals surface area contributed by atoms with Crippen LogP contribution in [0.3, 0.4) is 0 Å². The highest BCUT2D eigenvalue weighted by Crippen LogP contribution is 2.17. The minimum absolute atomic E-state index is 0.0582. The van der Waals surface area contributed by atoms with Gasteiger partial charge in [-0.05, 0) is 36.9 Å². The molecule has 5 heteroatoms. The Morgan fingerprint density at radius 3 is 2.50 bits per heavy atom. The average Bonchev–Trinajstić information content (AvgIpc) is 2.97. The third kappa shape index (κ3) is 3.95. The molecule has 4 nitrogen and oxygen atoms in total. The predicted octanol–water partition coefficient (Wildman–Crippen LogP) is 3.43. The number of carboxylic acids is 1. The molecule has 2 aromatic rings. The standard InChI is InChI=1S/C17H19NO3S/c1-12(2)18(11-14-7-5-9-22-14)16(19)10-13-6-3-4-8-15(13)17(20)21/h3-9,12H,10-11H2,1-2H3,(H,20,21). The van der Waals surface area contributed by atoms with Gasteiger partial charge in [0.05, 0.1) is 18.5 Å². The maximum absolute atomic E-state index is 12.6. The van der Waals surface area contributed by atoms with E-state index in [9.17, 15) is 14.7 Å². The Balaban J connectivity index is 2.17. The van der Waals surface area contributed by atoms with Gasteiger partial charge in [0.15, 0.2) is 0 Å². The summed E-state index contributed by atoms with van der Waals surface area (Å²) in [5.74, 6) is -1.06. The molecule has 0 saturated heterocycles. The minimum atomic E-state index is -1.00. The first kappa shape index (κ1) is 16.2. The van der Waals surface area contributed by atoms with Crippen LogP contribution in [0.2, 0.25) is 0 Å². The number of hydrogen-bond acceptors (Lipinski definition) is 3. The van der Waals surface area contributed by atoms with Crippen molar-refractivity contribution in [1.29, 1.82) is 0 Å². The summed E-state index contributed by atoms with van der Waals surface area (Å²) < 4.78 is 0. The van der Waals surface area contributed by atoms with Crippen LogP contribution in [0.5, 0.6) is 0 Å². The first-order valence-electron chi connectivity index (χ1n) is 7.12. The van der Waals surface area contributed by atoms with Crippen molar-refractivity contribution in [3.05, 3.63) is 57.8 Å². The van der Waals surface area contributed by atoms with Crippen molar-refractivity contribution in [1.82, 2.24) is 4.90 Å². The maximum atomic E-state index is 12.6. The third-order valence-corrected chi connectivity index (χ3v) is 4.30. The van der Waals surface area contributed by atoms with E-state index in [1.165, 1.54) is 6.07 Å². The fourth-order valence-corrected chi connectivity index (χ4v) is 2.98. The van der Waals surface area contributed by atoms with Crippen molar-refractivity contribution < 1.29 is 14.7 Å². The molecule has 0 unspecified atom stereocenters. The number of hydrogen-bond donors (Lipinski definition) is 1. The third-order valence-electron chi connectivity index (χ3n) is 3.44. The quantitative estimate of drug-likeness (QED) is 0.888. The van der Waals surface area contributed by atoms with Crippen LogP contribution in [-0.4, -0.2) is 27.9 Å². The second-order valence-corrected chi connectivity index (χ2v) is 6.37. The minimum Gasteiger partial charge on any atom is -0.478 e. The van der Waals surface area contributed by atoms with Crippen LogP contribution >= 0.6 is 11.3 Å². The van der Waals surface area contributed by atoms with Gasteiger partial charge in [-0.3, -0.25) is 4.79 Å². The van der Waals surface area contributed by atoms with Crippen LogP contribution in [0, 0.1) is 0 Å². The van der Waals surface area contributed by atoms with Crippen LogP contribution in [0.15, 0.2) is 41.8 Å². The summed E-state index contributed by atoms with van der Waals surface area (Å²) >= 11 is 1.61. The van der Waals surface area contributed by atoms with E-state index >= 15 is 0 Å². The average molecular weight is 317 g/mol. The molecule has 0 spiro atoms. The lowest BCUT2D eigenvalue weighted by Gasteiger charge is -2.26. The summed E-state index contributed by atoms with van der Waals surface area (Å²) in [6.45, 7) is 4.49. The SMILES string of the molecule is CC(C)N(Cc1cccs1)C(=O)Cc1ccccc1C(=O)O. The van der Waals surface area contributed by atoms with Gasteiger partial charge < -0.3 is 10.0 Å². The molecule has 0 aliphatic rings. The highest BCUT2D eigenvalue weighted by Gasteiger charge is 2.20. The first-order chi connectivity index (χ1) is 10.5. The van der Waals surface area contributed by atoms with Crippen LogP contribution in [0.4, 0.5) is 0 Å². The van der Waals surface area contributed by atoms with Gasteiger partial charge in [-0.1, -0.05) is 24.3 Å². The Labute approximate surface area is 134 Å². The molecule has 0 aliphatic heterocycles. The second-order valence-electron chi connectivity index (χ2n) is 5.33. The zero-order valence-corrected chi connectivity index (χ0v) is 13.5. The fourth-order valence-electron chi connectivity index (χ4n) is 2.28. The number of thiophene rings is 1. The predicted molar refractivity (Wildman–Crippen MR) is 87.1 cm³/mol. The topological polar surface area (TPSA) is 57.6 Å². The van der Waals surface area contributed by atoms with Crippen molar-refractivity contribution in [2.75, 3.05) is 0 Å². The van der Waals surface area contributed by atoms with E-state index in [1.807, 2.05) is 31.4 Å². The van der Waals surface area contributed by atoms with Crippen molar-refractivity contribution in [2.24, 2.45) is 0 Å². The molecule has 0 atom stereocenters. The molecular weight excluding hydrogens is 298 g/mol. The lowest BCUT2D eigenvalue weighted by molar-refractivity contribution is -0.132. The van der Waals surface area contributed by atoms with E-state index in [0.717, 1.165) is 4.88 Å². The number of amides is 1. The molecule has 0 aliphatic carbocycles. The highest BCUT2D eigenvalue weighted by atomic mass is 32.1. The smallest absolute Gasteiger partial charge is 0.335 e. The van der Waals surface area contributed by atoms with Crippen LogP contribution in [-0.2, 0) is 17.8 Å². The summed E-state index contributed by atoms with van der Waals surface area (Å²) in [7, 11) is 0. The van der Waals surface area contributed by atoms with Gasteiger partial charge in [-0.2, -0.15) is 0 Å². The van der Waals surface area contributed by atoms with Crippen molar-refractivity contribution in [3.63, 3.8) is 0 Å². The summed E-state index contributed by atoms with van der Waals surface area (Å²) in [6.07, 6.45) is 0.103. The van der Waals surface area contributed by atoms with Gasteiger partial charge in [0.1, 0.15) is 0 Å². The maximum Gasteiger partial charge on any atom is 0.335 e. The number of nitrogens with zero attached hydrogens (tertiary/aromatic N) is 1. The molecule has 116 valence electrons. The van der Waals surface area contributed by atoms with Crippen LogP contribution in [0.25, 0.3) is 0 Å². The van der Waals surface area contributed by atoms with Crippen molar-refractivity contribution >= 4 is 23.2 Å². The zero-order valence-electron chi connectivity index (χ0n) is 12.7. The molecular formula is C17H19NO3S. The molecule has 1 N–H and O–H groups in total. The number of carboxylic acid groups (broad SMARTS) is 1. The summed E-state index contributed by atoms with van der Waals surface area (Å²) in [5.41, 5.74) is 0.743. The molecule has 2 rings (SSSR count). The van der Waals surface area contributed by atoms with E-state index in [2.05, 4.69) is 0 Å². The van der Waals surface area contributed by atoms with Gasteiger partial charge in [-0.15, -0.1) is 11.3 Å². The van der Waals surface area contributed by atoms with E-state index < -0.39 is 5.97 Å². The lowest BCUT2D eigenvalue weighted by Crippen LogP contribution is -2.37. The number of aromatic carboxylic acids is 1. The Kier molecular flexibility index (Phi) is 5.33. The molecule has 1 aromatic carbocycles. The van der Waals surface area contributed by atoms with Gasteiger partial charge in [0.2, 0.25) is 5.91 Å². The molecule has 0 radical (unpaired) electrons. The van der Waals surface area contributed by atoms with Crippen molar-refractivity contribution in [3.8, 4) is 0 Å². The number of rotatable bonds is 6. The Morgan fingerprint density at radius 1 is 1.18 bits per heavy atom. The molecule has 0 saturated carbocycles. The normalized spacial score (nSPS) is 10.7. The lowest BCUT2D eigenvalue weighted by atomic mass is 10.0. The molecule has 22 heavy (non-hydrogen) atoms.